The predicted octanol–water partition coefficient (Wildman–Crippen LogP) is 12.6. The van der Waals surface area contributed by atoms with Gasteiger partial charge in [-0.25, -0.2) is 0 Å². The van der Waals surface area contributed by atoms with Gasteiger partial charge < -0.3 is 19.3 Å². The fourth-order valence-corrected chi connectivity index (χ4v) is 6.04. The smallest absolute Gasteiger partial charge is 0.305 e. The Hall–Kier alpha value is -2.12. The van der Waals surface area contributed by atoms with Crippen LogP contribution in [0.15, 0.2) is 0 Å². The van der Waals surface area contributed by atoms with E-state index in [-0.39, 0.29) is 24.3 Å². The number of unbranched alkanes of at least 4 members (excludes halogenated alkanes) is 13. The Morgan fingerprint density at radius 1 is 0.385 bits per heavy atom. The highest BCUT2D eigenvalue weighted by Crippen LogP contribution is 2.17. The minimum absolute atomic E-state index is 0.0444. The van der Waals surface area contributed by atoms with Crippen LogP contribution in [0.4, 0.5) is 0 Å². The highest BCUT2D eigenvalue weighted by molar-refractivity contribution is 5.70. The summed E-state index contributed by atoms with van der Waals surface area (Å²) in [5.41, 5.74) is 0. The first-order valence-corrected chi connectivity index (χ1v) is 21.8. The highest BCUT2D eigenvalue weighted by Gasteiger charge is 2.12. The molecule has 0 radical (unpaired) electrons. The molecule has 0 bridgehead atoms. The molecule has 52 heavy (non-hydrogen) atoms. The van der Waals surface area contributed by atoms with Crippen LogP contribution in [0.2, 0.25) is 0 Å². The second-order valence-corrected chi connectivity index (χ2v) is 14.9. The Morgan fingerprint density at radius 2 is 0.635 bits per heavy atom. The van der Waals surface area contributed by atoms with Crippen molar-refractivity contribution in [1.82, 2.24) is 0 Å². The molecular formula is C44H84O8. The fourth-order valence-electron chi connectivity index (χ4n) is 6.04. The molecule has 308 valence electrons. The van der Waals surface area contributed by atoms with Gasteiger partial charge in [0.25, 0.3) is 0 Å². The minimum atomic E-state index is -0.716. The number of carboxylic acid groups (broad SMARTS) is 1. The SMILES string of the molecule is CCCCC(CC)COC(=O)CCCCCCCCC(=O)O.CCCCC(CC)COC(=O)CCCCCCCCC(=O)OCC(CC)CCCC. The molecule has 0 saturated carbocycles. The van der Waals surface area contributed by atoms with E-state index >= 15 is 0 Å². The van der Waals surface area contributed by atoms with Crippen LogP contribution in [0.5, 0.6) is 0 Å². The normalized spacial score (nSPS) is 12.7. The summed E-state index contributed by atoms with van der Waals surface area (Å²) in [5.74, 6) is 0.676. The van der Waals surface area contributed by atoms with Crippen LogP contribution in [0.3, 0.4) is 0 Å². The van der Waals surface area contributed by atoms with Gasteiger partial charge in [-0.15, -0.1) is 0 Å². The summed E-state index contributed by atoms with van der Waals surface area (Å²) >= 11 is 0. The van der Waals surface area contributed by atoms with E-state index in [1.807, 2.05) is 0 Å². The van der Waals surface area contributed by atoms with Crippen LogP contribution in [-0.2, 0) is 33.4 Å². The van der Waals surface area contributed by atoms with E-state index in [1.165, 1.54) is 38.5 Å². The van der Waals surface area contributed by atoms with Crippen LogP contribution < -0.4 is 0 Å². The first kappa shape index (κ1) is 52.0. The van der Waals surface area contributed by atoms with Crippen molar-refractivity contribution in [3.05, 3.63) is 0 Å². The quantitative estimate of drug-likeness (QED) is 0.0383. The van der Waals surface area contributed by atoms with E-state index < -0.39 is 5.97 Å². The first-order valence-electron chi connectivity index (χ1n) is 21.8. The van der Waals surface area contributed by atoms with E-state index in [2.05, 4.69) is 41.5 Å². The third kappa shape index (κ3) is 37.6. The molecule has 0 aromatic heterocycles. The maximum absolute atomic E-state index is 11.9. The minimum Gasteiger partial charge on any atom is -0.481 e. The van der Waals surface area contributed by atoms with Crippen LogP contribution >= 0.6 is 0 Å². The molecule has 0 rings (SSSR count). The largest absolute Gasteiger partial charge is 0.481 e. The average Bonchev–Trinajstić information content (AvgIpc) is 3.14. The average molecular weight is 741 g/mol. The second-order valence-electron chi connectivity index (χ2n) is 14.9. The van der Waals surface area contributed by atoms with Crippen molar-refractivity contribution in [3.8, 4) is 0 Å². The van der Waals surface area contributed by atoms with Gasteiger partial charge in [-0.2, -0.15) is 0 Å². The molecule has 3 unspecified atom stereocenters. The van der Waals surface area contributed by atoms with Crippen molar-refractivity contribution in [2.45, 2.75) is 221 Å². The lowest BCUT2D eigenvalue weighted by Crippen LogP contribution is -2.13. The number of aliphatic carboxylic acids is 1. The van der Waals surface area contributed by atoms with E-state index in [4.69, 9.17) is 19.3 Å². The number of carbonyl (C=O) groups is 4. The van der Waals surface area contributed by atoms with Crippen molar-refractivity contribution >= 4 is 23.9 Å². The Kier molecular flexibility index (Phi) is 40.1. The number of ether oxygens (including phenoxy) is 3. The zero-order valence-corrected chi connectivity index (χ0v) is 35.0. The van der Waals surface area contributed by atoms with Gasteiger partial charge in [0.1, 0.15) is 0 Å². The van der Waals surface area contributed by atoms with Gasteiger partial charge in [-0.3, -0.25) is 19.2 Å². The summed E-state index contributed by atoms with van der Waals surface area (Å²) in [6.07, 6.45) is 27.7. The lowest BCUT2D eigenvalue weighted by atomic mass is 10.0. The number of esters is 3. The molecule has 0 aliphatic carbocycles. The predicted molar refractivity (Wildman–Crippen MR) is 214 cm³/mol. The first-order chi connectivity index (χ1) is 25.2. The molecule has 0 aliphatic rings. The summed E-state index contributed by atoms with van der Waals surface area (Å²) in [5, 5.41) is 8.52. The Labute approximate surface area is 320 Å². The van der Waals surface area contributed by atoms with E-state index in [0.29, 0.717) is 56.8 Å². The molecular weight excluding hydrogens is 656 g/mol. The number of carboxylic acids is 1. The zero-order valence-electron chi connectivity index (χ0n) is 35.0. The number of carbonyl (C=O) groups excluding carboxylic acids is 3. The molecule has 0 aromatic rings. The molecule has 0 aliphatic heterocycles. The summed E-state index contributed by atoms with van der Waals surface area (Å²) in [4.78, 5) is 45.7. The van der Waals surface area contributed by atoms with Gasteiger partial charge in [-0.05, 0) is 62.7 Å². The number of rotatable bonds is 36. The topological polar surface area (TPSA) is 116 Å². The molecule has 0 amide bonds. The van der Waals surface area contributed by atoms with Gasteiger partial charge in [0.2, 0.25) is 0 Å². The van der Waals surface area contributed by atoms with Gasteiger partial charge >= 0.3 is 23.9 Å². The Morgan fingerprint density at radius 3 is 0.865 bits per heavy atom. The van der Waals surface area contributed by atoms with E-state index in [1.54, 1.807) is 0 Å². The van der Waals surface area contributed by atoms with Gasteiger partial charge in [0.15, 0.2) is 0 Å². The fraction of sp³-hybridized carbons (Fsp3) is 0.909. The van der Waals surface area contributed by atoms with Gasteiger partial charge in [-0.1, -0.05) is 151 Å². The van der Waals surface area contributed by atoms with Crippen LogP contribution in [0.1, 0.15) is 221 Å². The monoisotopic (exact) mass is 741 g/mol. The van der Waals surface area contributed by atoms with Crippen LogP contribution in [-0.4, -0.2) is 48.8 Å². The van der Waals surface area contributed by atoms with Crippen molar-refractivity contribution in [2.75, 3.05) is 19.8 Å². The molecule has 3 atom stereocenters. The van der Waals surface area contributed by atoms with Crippen molar-refractivity contribution in [3.63, 3.8) is 0 Å². The van der Waals surface area contributed by atoms with Crippen molar-refractivity contribution < 1.29 is 38.5 Å². The summed E-state index contributed by atoms with van der Waals surface area (Å²) in [7, 11) is 0. The molecule has 8 nitrogen and oxygen atoms in total. The third-order valence-electron chi connectivity index (χ3n) is 10.1. The van der Waals surface area contributed by atoms with Gasteiger partial charge in [0.05, 0.1) is 19.8 Å². The maximum Gasteiger partial charge on any atom is 0.305 e. The van der Waals surface area contributed by atoms with Crippen molar-refractivity contribution in [2.24, 2.45) is 17.8 Å². The van der Waals surface area contributed by atoms with Gasteiger partial charge in [0, 0.05) is 25.7 Å². The van der Waals surface area contributed by atoms with Crippen LogP contribution in [0, 0.1) is 17.8 Å². The number of hydrogen-bond donors (Lipinski definition) is 1. The molecule has 0 aromatic carbocycles. The molecule has 8 heteroatoms. The lowest BCUT2D eigenvalue weighted by Gasteiger charge is -2.14. The van der Waals surface area contributed by atoms with E-state index in [0.717, 1.165) is 116 Å². The molecule has 1 N–H and O–H groups in total. The lowest BCUT2D eigenvalue weighted by molar-refractivity contribution is -0.146. The molecule has 0 saturated heterocycles. The highest BCUT2D eigenvalue weighted by atomic mass is 16.5. The zero-order chi connectivity index (χ0) is 39.1. The molecule has 0 spiro atoms. The second kappa shape index (κ2) is 40.1. The Bertz CT molecular complexity index is 791. The summed E-state index contributed by atoms with van der Waals surface area (Å²) < 4.78 is 16.2. The summed E-state index contributed by atoms with van der Waals surface area (Å²) in [6, 6.07) is 0. The summed E-state index contributed by atoms with van der Waals surface area (Å²) in [6.45, 7) is 14.8. The molecule has 0 fully saturated rings. The number of hydrogen-bond acceptors (Lipinski definition) is 7. The molecule has 0 heterocycles. The van der Waals surface area contributed by atoms with E-state index in [9.17, 15) is 19.2 Å². The maximum atomic E-state index is 11.9. The standard InChI is InChI=1S/C26H50O4.C18H34O4/c1-5-9-17-23(7-3)21-29-25(27)19-15-13-11-12-14-16-20-26(28)30-22-24(8-4)18-10-6-2;1-3-5-12-16(4-2)15-22-18(21)14-11-9-7-6-8-10-13-17(19)20/h23-24H,5-22H2,1-4H3;16H,3-15H2,1-2H3,(H,19,20). The Balaban J connectivity index is 0. The van der Waals surface area contributed by atoms with Crippen molar-refractivity contribution in [1.29, 1.82) is 0 Å². The van der Waals surface area contributed by atoms with Crippen LogP contribution in [0.25, 0.3) is 0 Å². The third-order valence-corrected chi connectivity index (χ3v) is 10.1.